The molecule has 1 atom stereocenters. The minimum atomic E-state index is -1.41. The number of rotatable bonds is 0. The number of hydrogen-bond acceptors (Lipinski definition) is 4. The zero-order valence-corrected chi connectivity index (χ0v) is 15.8. The Morgan fingerprint density at radius 3 is 2.33 bits per heavy atom. The Morgan fingerprint density at radius 2 is 1.59 bits per heavy atom. The molecular formula is C22H13BrO4. The topological polar surface area (TPSA) is 63.6 Å². The molecule has 1 aliphatic heterocycles. The second-order valence-corrected chi connectivity index (χ2v) is 7.64. The largest absolute Gasteiger partial charge is 0.506 e. The van der Waals surface area contributed by atoms with Gasteiger partial charge in [-0.25, -0.2) is 0 Å². The normalized spacial score (nSPS) is 20.4. The molecule has 0 bridgehead atoms. The number of Topliss-reactive ketones (excluding diaryl/α,β-unsaturated/α-hetero) is 2. The quantitative estimate of drug-likeness (QED) is 0.560. The van der Waals surface area contributed by atoms with Gasteiger partial charge in [-0.2, -0.15) is 0 Å². The molecule has 0 radical (unpaired) electrons. The third-order valence-electron chi connectivity index (χ3n) is 5.32. The fourth-order valence-corrected chi connectivity index (χ4v) is 4.40. The molecule has 0 amide bonds. The lowest BCUT2D eigenvalue weighted by atomic mass is 9.73. The van der Waals surface area contributed by atoms with Crippen LogP contribution in [-0.2, 0) is 0 Å². The van der Waals surface area contributed by atoms with Crippen LogP contribution in [0.4, 0.5) is 0 Å². The van der Waals surface area contributed by atoms with Crippen molar-refractivity contribution in [1.29, 1.82) is 0 Å². The van der Waals surface area contributed by atoms with E-state index in [2.05, 4.69) is 15.9 Å². The van der Waals surface area contributed by atoms with Crippen LogP contribution in [0.25, 0.3) is 16.8 Å². The van der Waals surface area contributed by atoms with Gasteiger partial charge in [0.25, 0.3) is 0 Å². The lowest BCUT2D eigenvalue weighted by molar-refractivity contribution is 0.0583. The molecule has 132 valence electrons. The van der Waals surface area contributed by atoms with E-state index in [1.807, 2.05) is 18.2 Å². The molecule has 5 heteroatoms. The molecule has 27 heavy (non-hydrogen) atoms. The summed E-state index contributed by atoms with van der Waals surface area (Å²) < 4.78 is 6.67. The van der Waals surface area contributed by atoms with E-state index in [-0.39, 0.29) is 22.9 Å². The summed E-state index contributed by atoms with van der Waals surface area (Å²) >= 11 is 3.42. The standard InChI is InChI=1S/C22H13BrO4/c1-22-16(18(24)12-7-3-5-9-14(12)21(22)26)10-15-17(23)19(25)11-6-2-4-8-13(11)20(15)27-22/h2-10,25H,1H3. The lowest BCUT2D eigenvalue weighted by Crippen LogP contribution is -2.50. The van der Waals surface area contributed by atoms with Gasteiger partial charge in [0.1, 0.15) is 11.5 Å². The summed E-state index contributed by atoms with van der Waals surface area (Å²) in [5.74, 6) is 0.0613. The number of fused-ring (bicyclic) bond motifs is 5. The van der Waals surface area contributed by atoms with Crippen LogP contribution in [-0.4, -0.2) is 22.3 Å². The van der Waals surface area contributed by atoms with Crippen molar-refractivity contribution in [3.63, 3.8) is 0 Å². The van der Waals surface area contributed by atoms with Gasteiger partial charge in [-0.15, -0.1) is 0 Å². The van der Waals surface area contributed by atoms with E-state index >= 15 is 0 Å². The monoisotopic (exact) mass is 420 g/mol. The van der Waals surface area contributed by atoms with Crippen molar-refractivity contribution in [3.8, 4) is 11.5 Å². The Bertz CT molecular complexity index is 1220. The molecule has 0 saturated heterocycles. The number of benzene rings is 3. The minimum absolute atomic E-state index is 0.0726. The summed E-state index contributed by atoms with van der Waals surface area (Å²) in [6, 6.07) is 14.0. The van der Waals surface area contributed by atoms with Crippen molar-refractivity contribution in [3.05, 3.63) is 75.3 Å². The maximum Gasteiger partial charge on any atom is 0.211 e. The zero-order valence-electron chi connectivity index (χ0n) is 14.2. The lowest BCUT2D eigenvalue weighted by Gasteiger charge is -2.39. The van der Waals surface area contributed by atoms with Crippen LogP contribution in [0.3, 0.4) is 0 Å². The summed E-state index contributed by atoms with van der Waals surface area (Å²) in [6.07, 6.45) is 1.66. The van der Waals surface area contributed by atoms with Gasteiger partial charge in [0.2, 0.25) is 5.78 Å². The molecule has 0 aromatic heterocycles. The van der Waals surface area contributed by atoms with Gasteiger partial charge >= 0.3 is 0 Å². The van der Waals surface area contributed by atoms with Gasteiger partial charge in [0, 0.05) is 27.5 Å². The van der Waals surface area contributed by atoms with E-state index in [1.54, 1.807) is 43.3 Å². The first-order chi connectivity index (χ1) is 12.9. The summed E-state index contributed by atoms with van der Waals surface area (Å²) in [6.45, 7) is 1.63. The number of aromatic hydroxyl groups is 1. The molecule has 1 heterocycles. The number of ketones is 2. The van der Waals surface area contributed by atoms with Gasteiger partial charge in [0.15, 0.2) is 11.4 Å². The highest BCUT2D eigenvalue weighted by atomic mass is 79.9. The van der Waals surface area contributed by atoms with E-state index in [1.165, 1.54) is 0 Å². The molecule has 0 spiro atoms. The van der Waals surface area contributed by atoms with Crippen LogP contribution in [0.1, 0.15) is 33.2 Å². The van der Waals surface area contributed by atoms with Crippen LogP contribution < -0.4 is 4.74 Å². The Hall–Kier alpha value is -2.92. The maximum atomic E-state index is 13.2. The SMILES string of the molecule is CC12Oc3c(c(Br)c(O)c4ccccc34)C=C1C(=O)c1ccccc1C2=O. The van der Waals surface area contributed by atoms with E-state index in [0.717, 1.165) is 0 Å². The predicted octanol–water partition coefficient (Wildman–Crippen LogP) is 4.92. The number of carbonyl (C=O) groups is 2. The Morgan fingerprint density at radius 1 is 0.963 bits per heavy atom. The molecule has 0 saturated carbocycles. The molecular weight excluding hydrogens is 408 g/mol. The first kappa shape index (κ1) is 16.3. The predicted molar refractivity (Wildman–Crippen MR) is 105 cm³/mol. The number of phenolic OH excluding ortho intramolecular Hbond substituents is 1. The fourth-order valence-electron chi connectivity index (χ4n) is 3.89. The van der Waals surface area contributed by atoms with Crippen LogP contribution in [0.15, 0.2) is 58.6 Å². The van der Waals surface area contributed by atoms with Crippen molar-refractivity contribution in [2.45, 2.75) is 12.5 Å². The zero-order chi connectivity index (χ0) is 18.9. The van der Waals surface area contributed by atoms with Crippen molar-refractivity contribution in [2.75, 3.05) is 0 Å². The fraction of sp³-hybridized carbons (Fsp3) is 0.0909. The van der Waals surface area contributed by atoms with Gasteiger partial charge in [-0.3, -0.25) is 9.59 Å². The van der Waals surface area contributed by atoms with Gasteiger partial charge in [0.05, 0.1) is 10.0 Å². The molecule has 1 aliphatic carbocycles. The first-order valence-electron chi connectivity index (χ1n) is 8.46. The highest BCUT2D eigenvalue weighted by Crippen LogP contribution is 2.50. The maximum absolute atomic E-state index is 13.2. The number of ether oxygens (including phenoxy) is 1. The van der Waals surface area contributed by atoms with Crippen molar-refractivity contribution in [2.24, 2.45) is 0 Å². The Balaban J connectivity index is 1.87. The molecule has 0 fully saturated rings. The molecule has 4 nitrogen and oxygen atoms in total. The number of carbonyl (C=O) groups excluding carboxylic acids is 2. The number of hydrogen-bond donors (Lipinski definition) is 1. The molecule has 1 unspecified atom stereocenters. The number of phenols is 1. The van der Waals surface area contributed by atoms with Crippen LogP contribution in [0.2, 0.25) is 0 Å². The number of halogens is 1. The molecule has 1 N–H and O–H groups in total. The summed E-state index contributed by atoms with van der Waals surface area (Å²) in [5.41, 5.74) is 0.165. The first-order valence-corrected chi connectivity index (χ1v) is 9.25. The van der Waals surface area contributed by atoms with Gasteiger partial charge in [-0.05, 0) is 28.9 Å². The van der Waals surface area contributed by atoms with Crippen LogP contribution in [0.5, 0.6) is 11.5 Å². The summed E-state index contributed by atoms with van der Waals surface area (Å²) in [7, 11) is 0. The summed E-state index contributed by atoms with van der Waals surface area (Å²) in [4.78, 5) is 26.3. The summed E-state index contributed by atoms with van der Waals surface area (Å²) in [5, 5.41) is 11.9. The average molecular weight is 421 g/mol. The second-order valence-electron chi connectivity index (χ2n) is 6.85. The Kier molecular flexibility index (Phi) is 3.19. The third kappa shape index (κ3) is 1.97. The molecule has 2 aliphatic rings. The highest BCUT2D eigenvalue weighted by molar-refractivity contribution is 9.10. The van der Waals surface area contributed by atoms with E-state index in [9.17, 15) is 14.7 Å². The Labute approximate surface area is 163 Å². The van der Waals surface area contributed by atoms with Crippen molar-refractivity contribution in [1.82, 2.24) is 0 Å². The van der Waals surface area contributed by atoms with Gasteiger partial charge in [-0.1, -0.05) is 48.5 Å². The average Bonchev–Trinajstić information content (AvgIpc) is 2.70. The van der Waals surface area contributed by atoms with Crippen molar-refractivity contribution >= 4 is 44.3 Å². The van der Waals surface area contributed by atoms with E-state index < -0.39 is 5.60 Å². The third-order valence-corrected chi connectivity index (χ3v) is 6.12. The highest BCUT2D eigenvalue weighted by Gasteiger charge is 2.51. The smallest absolute Gasteiger partial charge is 0.211 e. The van der Waals surface area contributed by atoms with E-state index in [4.69, 9.17) is 4.74 Å². The molecule has 3 aromatic carbocycles. The van der Waals surface area contributed by atoms with Crippen molar-refractivity contribution < 1.29 is 19.4 Å². The van der Waals surface area contributed by atoms with Crippen LogP contribution in [0, 0.1) is 0 Å². The minimum Gasteiger partial charge on any atom is -0.506 e. The van der Waals surface area contributed by atoms with Crippen LogP contribution >= 0.6 is 15.9 Å². The molecule has 5 rings (SSSR count). The second kappa shape index (κ2) is 5.30. The van der Waals surface area contributed by atoms with Gasteiger partial charge < -0.3 is 9.84 Å². The molecule has 3 aromatic rings. The van der Waals surface area contributed by atoms with E-state index in [0.29, 0.717) is 37.7 Å².